The Balaban J connectivity index is 1.83. The first-order valence-corrected chi connectivity index (χ1v) is 6.16. The standard InChI is InChI=1S/C11H23N3O2/c1-2-3-9-16-10-6-12-4-7-14-8-5-13-11(14)15/h12H,2-10H2,1H3,(H,13,15). The molecule has 0 aromatic heterocycles. The van der Waals surface area contributed by atoms with Crippen LogP contribution in [0.15, 0.2) is 0 Å². The van der Waals surface area contributed by atoms with E-state index in [1.807, 2.05) is 4.90 Å². The molecule has 0 aliphatic carbocycles. The summed E-state index contributed by atoms with van der Waals surface area (Å²) in [4.78, 5) is 13.0. The van der Waals surface area contributed by atoms with E-state index in [4.69, 9.17) is 4.74 Å². The molecule has 0 saturated carbocycles. The van der Waals surface area contributed by atoms with Crippen LogP contribution in [0.5, 0.6) is 0 Å². The van der Waals surface area contributed by atoms with Crippen LogP contribution >= 0.6 is 0 Å². The third-order valence-corrected chi connectivity index (χ3v) is 2.57. The molecule has 1 fully saturated rings. The van der Waals surface area contributed by atoms with Crippen molar-refractivity contribution in [3.8, 4) is 0 Å². The molecule has 1 heterocycles. The molecule has 0 aromatic carbocycles. The Hall–Kier alpha value is -0.810. The van der Waals surface area contributed by atoms with Gasteiger partial charge in [-0.2, -0.15) is 0 Å². The van der Waals surface area contributed by atoms with Gasteiger partial charge in [-0.15, -0.1) is 0 Å². The Morgan fingerprint density at radius 3 is 3.00 bits per heavy atom. The molecule has 5 nitrogen and oxygen atoms in total. The van der Waals surface area contributed by atoms with Crippen molar-refractivity contribution in [2.45, 2.75) is 19.8 Å². The number of carbonyl (C=O) groups excluding carboxylic acids is 1. The van der Waals surface area contributed by atoms with Crippen LogP contribution in [0.1, 0.15) is 19.8 Å². The number of nitrogens with one attached hydrogen (secondary N) is 2. The van der Waals surface area contributed by atoms with E-state index in [0.29, 0.717) is 0 Å². The molecule has 1 aliphatic heterocycles. The fourth-order valence-electron chi connectivity index (χ4n) is 1.56. The SMILES string of the molecule is CCCCOCCNCCN1CCNC1=O. The van der Waals surface area contributed by atoms with Crippen LogP contribution in [0.25, 0.3) is 0 Å². The third-order valence-electron chi connectivity index (χ3n) is 2.57. The van der Waals surface area contributed by atoms with Gasteiger partial charge in [0.15, 0.2) is 0 Å². The summed E-state index contributed by atoms with van der Waals surface area (Å²) in [6.45, 7) is 7.85. The van der Waals surface area contributed by atoms with Gasteiger partial charge in [0.05, 0.1) is 6.61 Å². The highest BCUT2D eigenvalue weighted by molar-refractivity contribution is 5.76. The lowest BCUT2D eigenvalue weighted by atomic mass is 10.4. The zero-order valence-corrected chi connectivity index (χ0v) is 10.1. The van der Waals surface area contributed by atoms with Crippen LogP contribution in [0, 0.1) is 0 Å². The molecular weight excluding hydrogens is 206 g/mol. The van der Waals surface area contributed by atoms with Crippen LogP contribution in [0.4, 0.5) is 4.79 Å². The number of amides is 2. The van der Waals surface area contributed by atoms with Gasteiger partial charge in [0.1, 0.15) is 0 Å². The molecular formula is C11H23N3O2. The Labute approximate surface area is 97.5 Å². The Bertz CT molecular complexity index is 200. The van der Waals surface area contributed by atoms with Crippen molar-refractivity contribution in [1.29, 1.82) is 0 Å². The summed E-state index contributed by atoms with van der Waals surface area (Å²) in [5, 5.41) is 6.04. The predicted molar refractivity (Wildman–Crippen MR) is 63.6 cm³/mol. The van der Waals surface area contributed by atoms with Crippen molar-refractivity contribution in [1.82, 2.24) is 15.5 Å². The first-order valence-electron chi connectivity index (χ1n) is 6.16. The Kier molecular flexibility index (Phi) is 6.92. The summed E-state index contributed by atoms with van der Waals surface area (Å²) in [6, 6.07) is 0.0565. The molecule has 1 saturated heterocycles. The molecule has 0 unspecified atom stereocenters. The minimum atomic E-state index is 0.0565. The van der Waals surface area contributed by atoms with Gasteiger partial charge in [-0.3, -0.25) is 0 Å². The molecule has 0 bridgehead atoms. The third kappa shape index (κ3) is 5.32. The van der Waals surface area contributed by atoms with E-state index in [-0.39, 0.29) is 6.03 Å². The second-order valence-corrected chi connectivity index (χ2v) is 3.93. The van der Waals surface area contributed by atoms with E-state index in [1.165, 1.54) is 6.42 Å². The van der Waals surface area contributed by atoms with Gasteiger partial charge in [0.25, 0.3) is 0 Å². The highest BCUT2D eigenvalue weighted by Crippen LogP contribution is 1.94. The highest BCUT2D eigenvalue weighted by Gasteiger charge is 2.17. The Morgan fingerprint density at radius 1 is 1.44 bits per heavy atom. The van der Waals surface area contributed by atoms with Crippen molar-refractivity contribution in [3.63, 3.8) is 0 Å². The number of urea groups is 1. The molecule has 0 radical (unpaired) electrons. The van der Waals surface area contributed by atoms with E-state index < -0.39 is 0 Å². The lowest BCUT2D eigenvalue weighted by Gasteiger charge is -2.14. The topological polar surface area (TPSA) is 53.6 Å². The molecule has 2 amide bonds. The number of ether oxygens (including phenoxy) is 1. The maximum Gasteiger partial charge on any atom is 0.317 e. The van der Waals surface area contributed by atoms with Gasteiger partial charge in [-0.05, 0) is 6.42 Å². The molecule has 5 heteroatoms. The molecule has 0 atom stereocenters. The van der Waals surface area contributed by atoms with E-state index in [0.717, 1.165) is 52.4 Å². The minimum Gasteiger partial charge on any atom is -0.380 e. The van der Waals surface area contributed by atoms with Crippen LogP contribution in [0.3, 0.4) is 0 Å². The van der Waals surface area contributed by atoms with Gasteiger partial charge in [-0.25, -0.2) is 4.79 Å². The van der Waals surface area contributed by atoms with Crippen molar-refractivity contribution >= 4 is 6.03 Å². The second-order valence-electron chi connectivity index (χ2n) is 3.93. The number of hydrogen-bond acceptors (Lipinski definition) is 3. The number of carbonyl (C=O) groups is 1. The molecule has 1 aliphatic rings. The van der Waals surface area contributed by atoms with E-state index >= 15 is 0 Å². The largest absolute Gasteiger partial charge is 0.380 e. The van der Waals surface area contributed by atoms with Crippen LogP contribution in [-0.4, -0.2) is 56.9 Å². The van der Waals surface area contributed by atoms with Gasteiger partial charge >= 0.3 is 6.03 Å². The Morgan fingerprint density at radius 2 is 2.31 bits per heavy atom. The summed E-state index contributed by atoms with van der Waals surface area (Å²) in [6.07, 6.45) is 2.31. The molecule has 1 rings (SSSR count). The lowest BCUT2D eigenvalue weighted by molar-refractivity contribution is 0.132. The predicted octanol–water partition coefficient (Wildman–Crippen LogP) is 0.418. The summed E-state index contributed by atoms with van der Waals surface area (Å²) in [5.41, 5.74) is 0. The average Bonchev–Trinajstić information content (AvgIpc) is 2.68. The van der Waals surface area contributed by atoms with Gasteiger partial charge in [0, 0.05) is 39.3 Å². The normalized spacial score (nSPS) is 15.6. The molecule has 16 heavy (non-hydrogen) atoms. The fourth-order valence-corrected chi connectivity index (χ4v) is 1.56. The summed E-state index contributed by atoms with van der Waals surface area (Å²) < 4.78 is 5.41. The average molecular weight is 229 g/mol. The zero-order chi connectivity index (χ0) is 11.6. The smallest absolute Gasteiger partial charge is 0.317 e. The molecule has 0 aromatic rings. The summed E-state index contributed by atoms with van der Waals surface area (Å²) in [7, 11) is 0. The van der Waals surface area contributed by atoms with Crippen molar-refractivity contribution in [2.75, 3.05) is 45.9 Å². The zero-order valence-electron chi connectivity index (χ0n) is 10.1. The number of unbranched alkanes of at least 4 members (excludes halogenated alkanes) is 1. The van der Waals surface area contributed by atoms with Gasteiger partial charge in [0.2, 0.25) is 0 Å². The van der Waals surface area contributed by atoms with E-state index in [1.54, 1.807) is 0 Å². The number of hydrogen-bond donors (Lipinski definition) is 2. The summed E-state index contributed by atoms with van der Waals surface area (Å²) >= 11 is 0. The molecule has 2 N–H and O–H groups in total. The van der Waals surface area contributed by atoms with Gasteiger partial charge < -0.3 is 20.3 Å². The van der Waals surface area contributed by atoms with Crippen molar-refractivity contribution in [2.24, 2.45) is 0 Å². The van der Waals surface area contributed by atoms with Crippen LogP contribution < -0.4 is 10.6 Å². The van der Waals surface area contributed by atoms with E-state index in [9.17, 15) is 4.79 Å². The summed E-state index contributed by atoms with van der Waals surface area (Å²) in [5.74, 6) is 0. The lowest BCUT2D eigenvalue weighted by Crippen LogP contribution is -2.35. The maximum absolute atomic E-state index is 11.2. The molecule has 94 valence electrons. The number of nitrogens with zero attached hydrogens (tertiary/aromatic N) is 1. The maximum atomic E-state index is 11.2. The molecule has 0 spiro atoms. The van der Waals surface area contributed by atoms with Crippen LogP contribution in [-0.2, 0) is 4.74 Å². The number of rotatable bonds is 9. The quantitative estimate of drug-likeness (QED) is 0.563. The minimum absolute atomic E-state index is 0.0565. The first kappa shape index (κ1) is 13.3. The van der Waals surface area contributed by atoms with Crippen molar-refractivity contribution < 1.29 is 9.53 Å². The van der Waals surface area contributed by atoms with Crippen LogP contribution in [0.2, 0.25) is 0 Å². The highest BCUT2D eigenvalue weighted by atomic mass is 16.5. The van der Waals surface area contributed by atoms with E-state index in [2.05, 4.69) is 17.6 Å². The second kappa shape index (κ2) is 8.35. The fraction of sp³-hybridized carbons (Fsp3) is 0.909. The first-order chi connectivity index (χ1) is 7.84. The monoisotopic (exact) mass is 229 g/mol. The van der Waals surface area contributed by atoms with Crippen molar-refractivity contribution in [3.05, 3.63) is 0 Å². The van der Waals surface area contributed by atoms with Gasteiger partial charge in [-0.1, -0.05) is 13.3 Å².